The molecule has 0 aliphatic carbocycles. The molecule has 1 aliphatic rings. The van der Waals surface area contributed by atoms with Crippen molar-refractivity contribution in [2.24, 2.45) is 0 Å². The molecule has 0 fully saturated rings. The number of hydrogen-bond acceptors (Lipinski definition) is 0. The van der Waals surface area contributed by atoms with Crippen LogP contribution in [0.2, 0.25) is 0 Å². The van der Waals surface area contributed by atoms with Crippen molar-refractivity contribution >= 4 is 22.7 Å². The van der Waals surface area contributed by atoms with E-state index in [4.69, 9.17) is 0 Å². The third kappa shape index (κ3) is 3.27. The normalized spacial score (nSPS) is 14.5. The smallest absolute Gasteiger partial charge is 0.155 e. The van der Waals surface area contributed by atoms with Crippen LogP contribution in [-0.2, 0) is 6.42 Å². The number of rotatable bonds is 4. The van der Waals surface area contributed by atoms with Crippen molar-refractivity contribution in [2.45, 2.75) is 6.42 Å². The first-order valence-corrected chi connectivity index (χ1v) is 10.4. The molecule has 2 nitrogen and oxygen atoms in total. The van der Waals surface area contributed by atoms with Crippen molar-refractivity contribution in [1.29, 1.82) is 0 Å². The Labute approximate surface area is 177 Å². The minimum Gasteiger partial charge on any atom is -0.280 e. The molecule has 0 saturated heterocycles. The summed E-state index contributed by atoms with van der Waals surface area (Å²) in [6.07, 6.45) is 7.27. The second-order valence-corrected chi connectivity index (χ2v) is 7.53. The van der Waals surface area contributed by atoms with Crippen molar-refractivity contribution in [3.8, 4) is 0 Å². The topological polar surface area (TPSA) is 17.1 Å². The Morgan fingerprint density at radius 1 is 0.900 bits per heavy atom. The predicted octanol–water partition coefficient (Wildman–Crippen LogP) is 5.21. The molecule has 0 saturated carbocycles. The summed E-state index contributed by atoms with van der Waals surface area (Å²) in [7, 11) is 0. The van der Waals surface area contributed by atoms with Gasteiger partial charge < -0.3 is 0 Å². The predicted molar refractivity (Wildman–Crippen MR) is 123 cm³/mol. The van der Waals surface area contributed by atoms with Gasteiger partial charge in [-0.05, 0) is 12.5 Å². The number of nitrogens with one attached hydrogen (secondary N) is 1. The molecule has 0 radical (unpaired) electrons. The van der Waals surface area contributed by atoms with Gasteiger partial charge in [0, 0.05) is 0 Å². The molecule has 2 heterocycles. The van der Waals surface area contributed by atoms with Crippen LogP contribution in [0, 0.1) is 6.04 Å². The zero-order chi connectivity index (χ0) is 20.3. The van der Waals surface area contributed by atoms with Crippen LogP contribution < -0.4 is 4.98 Å². The SMILES string of the molecule is C=CC=[N+]1CCc2c([nH+][c-]3ccccc23)[C-]1C=C(c1ccccc1)c1ccccc1. The molecule has 5 rings (SSSR count). The van der Waals surface area contributed by atoms with E-state index in [0.29, 0.717) is 0 Å². The minimum absolute atomic E-state index is 0.934. The van der Waals surface area contributed by atoms with Gasteiger partial charge in [0.1, 0.15) is 17.8 Å². The lowest BCUT2D eigenvalue weighted by Gasteiger charge is -2.24. The average molecular weight is 389 g/mol. The van der Waals surface area contributed by atoms with Crippen molar-refractivity contribution in [1.82, 2.24) is 0 Å². The lowest BCUT2D eigenvalue weighted by Crippen LogP contribution is -2.31. The van der Waals surface area contributed by atoms with Crippen molar-refractivity contribution < 1.29 is 9.56 Å². The van der Waals surface area contributed by atoms with E-state index >= 15 is 0 Å². The molecular formula is C28H24N2. The van der Waals surface area contributed by atoms with Crippen LogP contribution in [-0.4, -0.2) is 17.3 Å². The molecule has 0 amide bonds. The molecule has 0 bridgehead atoms. The van der Waals surface area contributed by atoms with Gasteiger partial charge in [0.25, 0.3) is 0 Å². The Balaban J connectivity index is 1.74. The molecule has 0 spiro atoms. The Morgan fingerprint density at radius 3 is 2.23 bits per heavy atom. The van der Waals surface area contributed by atoms with E-state index in [0.717, 1.165) is 13.0 Å². The van der Waals surface area contributed by atoms with E-state index in [-0.39, 0.29) is 0 Å². The minimum atomic E-state index is 0.934. The van der Waals surface area contributed by atoms with Crippen LogP contribution >= 0.6 is 0 Å². The van der Waals surface area contributed by atoms with E-state index < -0.39 is 0 Å². The summed E-state index contributed by atoms with van der Waals surface area (Å²) in [5.41, 5.74) is 7.40. The third-order valence-electron chi connectivity index (χ3n) is 5.72. The van der Waals surface area contributed by atoms with Crippen LogP contribution in [0.15, 0.2) is 104 Å². The second kappa shape index (κ2) is 7.92. The molecule has 0 atom stereocenters. The third-order valence-corrected chi connectivity index (χ3v) is 5.72. The number of allylic oxidation sites excluding steroid dienone is 1. The van der Waals surface area contributed by atoms with Crippen LogP contribution in [0.4, 0.5) is 0 Å². The fourth-order valence-corrected chi connectivity index (χ4v) is 4.32. The molecule has 30 heavy (non-hydrogen) atoms. The molecule has 3 aromatic carbocycles. The molecule has 1 N–H and O–H groups in total. The van der Waals surface area contributed by atoms with E-state index in [1.165, 1.54) is 44.9 Å². The monoisotopic (exact) mass is 388 g/mol. The van der Waals surface area contributed by atoms with E-state index in [2.05, 4.69) is 113 Å². The highest BCUT2D eigenvalue weighted by Gasteiger charge is 2.29. The van der Waals surface area contributed by atoms with Crippen LogP contribution in [0.5, 0.6) is 0 Å². The molecule has 146 valence electrons. The summed E-state index contributed by atoms with van der Waals surface area (Å²) in [6.45, 7) is 4.88. The Bertz CT molecular complexity index is 1200. The summed E-state index contributed by atoms with van der Waals surface area (Å²) in [4.78, 5) is 3.69. The fourth-order valence-electron chi connectivity index (χ4n) is 4.32. The van der Waals surface area contributed by atoms with Crippen LogP contribution in [0.25, 0.3) is 16.5 Å². The van der Waals surface area contributed by atoms with Gasteiger partial charge in [-0.3, -0.25) is 9.56 Å². The summed E-state index contributed by atoms with van der Waals surface area (Å²) >= 11 is 0. The maximum absolute atomic E-state index is 3.94. The van der Waals surface area contributed by atoms with Gasteiger partial charge in [0.2, 0.25) is 0 Å². The number of H-pyrrole nitrogens is 1. The summed E-state index contributed by atoms with van der Waals surface area (Å²) in [5.74, 6) is 0. The first-order valence-electron chi connectivity index (χ1n) is 10.4. The van der Waals surface area contributed by atoms with Crippen molar-refractivity contribution in [3.63, 3.8) is 0 Å². The molecular weight excluding hydrogens is 364 g/mol. The first kappa shape index (κ1) is 18.3. The van der Waals surface area contributed by atoms with Gasteiger partial charge in [0.15, 0.2) is 6.04 Å². The molecule has 1 aromatic heterocycles. The highest BCUT2D eigenvalue weighted by atomic mass is 15.1. The number of aromatic amines is 1. The maximum Gasteiger partial charge on any atom is 0.155 e. The lowest BCUT2D eigenvalue weighted by molar-refractivity contribution is -0.517. The molecule has 2 heteroatoms. The van der Waals surface area contributed by atoms with Gasteiger partial charge in [-0.2, -0.15) is 0 Å². The molecule has 0 unspecified atom stereocenters. The quantitative estimate of drug-likeness (QED) is 0.337. The molecule has 4 aromatic rings. The number of benzene rings is 3. The zero-order valence-corrected chi connectivity index (χ0v) is 16.9. The Hall–Kier alpha value is -3.78. The van der Waals surface area contributed by atoms with E-state index in [1.54, 1.807) is 0 Å². The van der Waals surface area contributed by atoms with Gasteiger partial charge >= 0.3 is 0 Å². The van der Waals surface area contributed by atoms with Crippen molar-refractivity contribution in [3.05, 3.63) is 132 Å². The Kier molecular flexibility index (Phi) is 4.82. The highest BCUT2D eigenvalue weighted by Crippen LogP contribution is 2.33. The fraction of sp³-hybridized carbons (Fsp3) is 0.0714. The summed E-state index contributed by atoms with van der Waals surface area (Å²) < 4.78 is 2.30. The number of para-hydroxylation sites is 1. The number of aromatic nitrogens is 1. The largest absolute Gasteiger partial charge is 0.280 e. The van der Waals surface area contributed by atoms with Crippen molar-refractivity contribution in [2.75, 3.05) is 6.54 Å². The van der Waals surface area contributed by atoms with Crippen LogP contribution in [0.1, 0.15) is 22.4 Å². The summed E-state index contributed by atoms with van der Waals surface area (Å²) in [6, 6.07) is 31.0. The second-order valence-electron chi connectivity index (χ2n) is 7.53. The number of hydrogen-bond donors (Lipinski definition) is 0. The van der Waals surface area contributed by atoms with Crippen LogP contribution in [0.3, 0.4) is 0 Å². The number of nitrogens with zero attached hydrogens (tertiary/aromatic N) is 1. The van der Waals surface area contributed by atoms with Gasteiger partial charge in [-0.1, -0.05) is 100 Å². The number of fused-ring (bicyclic) bond motifs is 3. The molecule has 1 aliphatic heterocycles. The maximum atomic E-state index is 3.94. The lowest BCUT2D eigenvalue weighted by atomic mass is 9.92. The van der Waals surface area contributed by atoms with Gasteiger partial charge in [-0.15, -0.1) is 24.8 Å². The van der Waals surface area contributed by atoms with Gasteiger partial charge in [0.05, 0.1) is 6.21 Å². The van der Waals surface area contributed by atoms with Gasteiger partial charge in [-0.25, -0.2) is 0 Å². The summed E-state index contributed by atoms with van der Waals surface area (Å²) in [5, 5.41) is 1.32. The Morgan fingerprint density at radius 2 is 1.57 bits per heavy atom. The van der Waals surface area contributed by atoms with E-state index in [9.17, 15) is 0 Å². The van der Waals surface area contributed by atoms with E-state index in [1.807, 2.05) is 6.08 Å². The zero-order valence-electron chi connectivity index (χ0n) is 16.9. The average Bonchev–Trinajstić information content (AvgIpc) is 3.18. The highest BCUT2D eigenvalue weighted by molar-refractivity contribution is 5.84. The standard InChI is InChI=1S/C28H24N2/c1-2-18-30-19-17-24-23-15-9-10-16-26(23)29-28(24)27(30)20-25(21-11-5-3-6-12-21)22-13-7-4-8-14-22/h2-16,18,20,29H,1,17,19H2. The first-order chi connectivity index (χ1) is 14.8.